The maximum absolute atomic E-state index is 12.2. The zero-order valence-corrected chi connectivity index (χ0v) is 12.4. The molecule has 6 heteroatoms. The Morgan fingerprint density at radius 3 is 2.63 bits per heavy atom. The molecule has 1 aromatic rings. The predicted octanol–water partition coefficient (Wildman–Crippen LogP) is 3.08. The number of ether oxygens (including phenoxy) is 1. The lowest BCUT2D eigenvalue weighted by Crippen LogP contribution is -2.45. The highest BCUT2D eigenvalue weighted by Gasteiger charge is 2.30. The third kappa shape index (κ3) is 3.59. The van der Waals surface area contributed by atoms with Crippen molar-refractivity contribution in [2.75, 3.05) is 6.61 Å². The Kier molecular flexibility index (Phi) is 4.33. The minimum Gasteiger partial charge on any atom is -0.375 e. The van der Waals surface area contributed by atoms with Crippen LogP contribution >= 0.6 is 23.2 Å². The average Bonchev–Trinajstić information content (AvgIpc) is 2.27. The second-order valence-corrected chi connectivity index (χ2v) is 6.06. The van der Waals surface area contributed by atoms with Gasteiger partial charge in [-0.2, -0.15) is 0 Å². The molecule has 1 amide bonds. The van der Waals surface area contributed by atoms with Crippen LogP contribution in [0.5, 0.6) is 0 Å². The Hall–Kier alpha value is -0.840. The van der Waals surface area contributed by atoms with E-state index in [1.165, 1.54) is 12.4 Å². The van der Waals surface area contributed by atoms with Gasteiger partial charge in [0.05, 0.1) is 21.2 Å². The first-order valence-corrected chi connectivity index (χ1v) is 6.88. The normalized spacial score (nSPS) is 22.0. The Bertz CT molecular complexity index is 471. The molecule has 1 aliphatic rings. The fourth-order valence-corrected chi connectivity index (χ4v) is 2.78. The van der Waals surface area contributed by atoms with Crippen molar-refractivity contribution in [1.29, 1.82) is 0 Å². The van der Waals surface area contributed by atoms with Gasteiger partial charge < -0.3 is 10.1 Å². The molecule has 104 valence electrons. The van der Waals surface area contributed by atoms with Crippen molar-refractivity contribution >= 4 is 29.1 Å². The molecule has 1 fully saturated rings. The van der Waals surface area contributed by atoms with E-state index in [0.717, 1.165) is 12.8 Å². The van der Waals surface area contributed by atoms with E-state index in [9.17, 15) is 4.79 Å². The number of halogens is 2. The first-order chi connectivity index (χ1) is 8.89. The number of nitrogens with one attached hydrogen (secondary N) is 1. The monoisotopic (exact) mass is 302 g/mol. The summed E-state index contributed by atoms with van der Waals surface area (Å²) in [4.78, 5) is 16.0. The molecule has 0 radical (unpaired) electrons. The van der Waals surface area contributed by atoms with Crippen molar-refractivity contribution in [1.82, 2.24) is 10.3 Å². The van der Waals surface area contributed by atoms with Gasteiger partial charge in [0.25, 0.3) is 5.91 Å². The smallest absolute Gasteiger partial charge is 0.254 e. The third-order valence-electron chi connectivity index (χ3n) is 3.11. The summed E-state index contributed by atoms with van der Waals surface area (Å²) in [5.41, 5.74) is 0.0600. The summed E-state index contributed by atoms with van der Waals surface area (Å²) in [6.07, 6.45) is 4.38. The second-order valence-electron chi connectivity index (χ2n) is 5.25. The van der Waals surface area contributed by atoms with Gasteiger partial charge in [-0.25, -0.2) is 0 Å². The Morgan fingerprint density at radius 2 is 2.05 bits per heavy atom. The van der Waals surface area contributed by atoms with E-state index in [2.05, 4.69) is 10.3 Å². The maximum atomic E-state index is 12.2. The number of carbonyl (C=O) groups is 1. The number of pyridine rings is 1. The Balaban J connectivity index is 2.09. The van der Waals surface area contributed by atoms with Crippen LogP contribution in [0.25, 0.3) is 0 Å². The van der Waals surface area contributed by atoms with Gasteiger partial charge in [0.2, 0.25) is 0 Å². The molecular weight excluding hydrogens is 287 g/mol. The van der Waals surface area contributed by atoms with Crippen LogP contribution in [0.4, 0.5) is 0 Å². The molecule has 1 aliphatic heterocycles. The van der Waals surface area contributed by atoms with E-state index >= 15 is 0 Å². The molecule has 2 rings (SSSR count). The van der Waals surface area contributed by atoms with E-state index in [-0.39, 0.29) is 33.2 Å². The lowest BCUT2D eigenvalue weighted by molar-refractivity contribution is -0.0615. The van der Waals surface area contributed by atoms with E-state index < -0.39 is 0 Å². The highest BCUT2D eigenvalue weighted by Crippen LogP contribution is 2.26. The zero-order valence-electron chi connectivity index (χ0n) is 10.9. The van der Waals surface area contributed by atoms with Gasteiger partial charge >= 0.3 is 0 Å². The van der Waals surface area contributed by atoms with Gasteiger partial charge in [0.15, 0.2) is 0 Å². The lowest BCUT2D eigenvalue weighted by Gasteiger charge is -2.35. The molecule has 0 aromatic carbocycles. The van der Waals surface area contributed by atoms with Gasteiger partial charge in [0.1, 0.15) is 0 Å². The first-order valence-electron chi connectivity index (χ1n) is 6.13. The topological polar surface area (TPSA) is 51.2 Å². The summed E-state index contributed by atoms with van der Waals surface area (Å²) in [5.74, 6) is -0.264. The third-order valence-corrected chi connectivity index (χ3v) is 3.69. The van der Waals surface area contributed by atoms with Crippen molar-refractivity contribution in [3.05, 3.63) is 28.0 Å². The van der Waals surface area contributed by atoms with Crippen LogP contribution in [0.1, 0.15) is 37.0 Å². The van der Waals surface area contributed by atoms with Crippen LogP contribution in [0.2, 0.25) is 10.0 Å². The molecule has 0 spiro atoms. The molecule has 0 bridgehead atoms. The first kappa shape index (κ1) is 14.6. The average molecular weight is 303 g/mol. The standard InChI is InChI=1S/C13H16Cl2N2O2/c1-13(2)5-8(3-4-19-13)17-12(18)11-9(14)6-16-7-10(11)15/h6-8H,3-5H2,1-2H3,(H,17,18)/t8-/m0/s1. The summed E-state index contributed by atoms with van der Waals surface area (Å²) in [5, 5.41) is 3.48. The van der Waals surface area contributed by atoms with Crippen molar-refractivity contribution in [2.24, 2.45) is 0 Å². The summed E-state index contributed by atoms with van der Waals surface area (Å²) >= 11 is 11.9. The molecule has 0 unspecified atom stereocenters. The summed E-state index contributed by atoms with van der Waals surface area (Å²) in [6.45, 7) is 4.66. The largest absolute Gasteiger partial charge is 0.375 e. The molecule has 1 aromatic heterocycles. The maximum Gasteiger partial charge on any atom is 0.254 e. The minimum absolute atomic E-state index is 0.0662. The fourth-order valence-electron chi connectivity index (χ4n) is 2.24. The van der Waals surface area contributed by atoms with Gasteiger partial charge in [-0.3, -0.25) is 9.78 Å². The molecule has 1 N–H and O–H groups in total. The molecule has 19 heavy (non-hydrogen) atoms. The van der Waals surface area contributed by atoms with Crippen LogP contribution in [0, 0.1) is 0 Å². The Labute approximate surface area is 122 Å². The highest BCUT2D eigenvalue weighted by molar-refractivity contribution is 6.39. The predicted molar refractivity (Wildman–Crippen MR) is 74.8 cm³/mol. The van der Waals surface area contributed by atoms with Crippen LogP contribution < -0.4 is 5.32 Å². The molecule has 4 nitrogen and oxygen atoms in total. The van der Waals surface area contributed by atoms with Crippen molar-refractivity contribution in [2.45, 2.75) is 38.3 Å². The van der Waals surface area contributed by atoms with E-state index in [1.54, 1.807) is 0 Å². The quantitative estimate of drug-likeness (QED) is 0.913. The van der Waals surface area contributed by atoms with Crippen molar-refractivity contribution in [3.8, 4) is 0 Å². The lowest BCUT2D eigenvalue weighted by atomic mass is 9.94. The molecule has 0 aliphatic carbocycles. The molecule has 0 saturated carbocycles. The fraction of sp³-hybridized carbons (Fsp3) is 0.538. The number of amides is 1. The SMILES string of the molecule is CC1(C)C[C@@H](NC(=O)c2c(Cl)cncc2Cl)CCO1. The van der Waals surface area contributed by atoms with Crippen molar-refractivity contribution in [3.63, 3.8) is 0 Å². The van der Waals surface area contributed by atoms with Crippen LogP contribution in [0.15, 0.2) is 12.4 Å². The van der Waals surface area contributed by atoms with Gasteiger partial charge in [0, 0.05) is 25.0 Å². The summed E-state index contributed by atoms with van der Waals surface area (Å²) in [7, 11) is 0. The number of rotatable bonds is 2. The zero-order chi connectivity index (χ0) is 14.0. The second kappa shape index (κ2) is 5.65. The number of hydrogen-bond donors (Lipinski definition) is 1. The van der Waals surface area contributed by atoms with Crippen LogP contribution in [0.3, 0.4) is 0 Å². The van der Waals surface area contributed by atoms with Gasteiger partial charge in [-0.1, -0.05) is 23.2 Å². The number of carbonyl (C=O) groups excluding carboxylic acids is 1. The Morgan fingerprint density at radius 1 is 1.42 bits per heavy atom. The van der Waals surface area contributed by atoms with Crippen molar-refractivity contribution < 1.29 is 9.53 Å². The summed E-state index contributed by atoms with van der Waals surface area (Å²) < 4.78 is 5.62. The molecule has 1 saturated heterocycles. The molecular formula is C13H16Cl2N2O2. The minimum atomic E-state index is -0.264. The van der Waals surface area contributed by atoms with Crippen LogP contribution in [-0.2, 0) is 4.74 Å². The van der Waals surface area contributed by atoms with Crippen LogP contribution in [-0.4, -0.2) is 29.1 Å². The van der Waals surface area contributed by atoms with Gasteiger partial charge in [-0.05, 0) is 26.7 Å². The van der Waals surface area contributed by atoms with E-state index in [0.29, 0.717) is 6.61 Å². The highest BCUT2D eigenvalue weighted by atomic mass is 35.5. The number of aromatic nitrogens is 1. The number of hydrogen-bond acceptors (Lipinski definition) is 3. The van der Waals surface area contributed by atoms with E-state index in [4.69, 9.17) is 27.9 Å². The summed E-state index contributed by atoms with van der Waals surface area (Å²) in [6, 6.07) is 0.0662. The molecule has 2 heterocycles. The number of nitrogens with zero attached hydrogens (tertiary/aromatic N) is 1. The van der Waals surface area contributed by atoms with Gasteiger partial charge in [-0.15, -0.1) is 0 Å². The molecule has 1 atom stereocenters. The van der Waals surface area contributed by atoms with E-state index in [1.807, 2.05) is 13.8 Å².